The van der Waals surface area contributed by atoms with Crippen molar-refractivity contribution in [3.8, 4) is 0 Å². The van der Waals surface area contributed by atoms with Crippen LogP contribution in [-0.4, -0.2) is 18.6 Å². The number of nitrogens with zero attached hydrogens (tertiary/aromatic N) is 1. The second-order valence-corrected chi connectivity index (χ2v) is 5.54. The van der Waals surface area contributed by atoms with Crippen molar-refractivity contribution < 1.29 is 17.9 Å². The molecule has 0 spiro atoms. The van der Waals surface area contributed by atoms with Gasteiger partial charge in [0.05, 0.1) is 4.88 Å². The fourth-order valence-electron chi connectivity index (χ4n) is 2.14. The lowest BCUT2D eigenvalue weighted by Gasteiger charge is -2.29. The fraction of sp³-hybridized carbons (Fsp3) is 0.769. The Kier molecular flexibility index (Phi) is 5.97. The van der Waals surface area contributed by atoms with E-state index in [0.717, 1.165) is 11.3 Å². The molecule has 1 rings (SSSR count). The van der Waals surface area contributed by atoms with Crippen LogP contribution in [0.2, 0.25) is 0 Å². The Morgan fingerprint density at radius 3 is 2.20 bits per heavy atom. The third-order valence-electron chi connectivity index (χ3n) is 3.26. The highest BCUT2D eigenvalue weighted by Crippen LogP contribution is 2.41. The average Bonchev–Trinajstić information content (AvgIpc) is 2.81. The Bertz CT molecular complexity index is 428. The van der Waals surface area contributed by atoms with Gasteiger partial charge in [-0.25, -0.2) is 4.98 Å². The molecule has 1 aromatic heterocycles. The van der Waals surface area contributed by atoms with Gasteiger partial charge in [0.1, 0.15) is 10.6 Å². The Morgan fingerprint density at radius 2 is 1.80 bits per heavy atom. The number of alkyl halides is 3. The van der Waals surface area contributed by atoms with Crippen molar-refractivity contribution in [3.63, 3.8) is 0 Å². The number of hydrogen-bond donors (Lipinski definition) is 1. The lowest BCUT2D eigenvalue weighted by atomic mass is 9.98. The highest BCUT2D eigenvalue weighted by atomic mass is 32.1. The molecule has 0 amide bonds. The summed E-state index contributed by atoms with van der Waals surface area (Å²) in [7, 11) is 1.62. The van der Waals surface area contributed by atoms with Crippen molar-refractivity contribution in [3.05, 3.63) is 15.6 Å². The average molecular weight is 310 g/mol. The summed E-state index contributed by atoms with van der Waals surface area (Å²) in [5, 5.41) is 3.18. The molecule has 116 valence electrons. The molecule has 1 aromatic rings. The number of halogens is 3. The minimum atomic E-state index is -4.43. The number of hydrogen-bond acceptors (Lipinski definition) is 4. The van der Waals surface area contributed by atoms with Crippen LogP contribution >= 0.6 is 11.3 Å². The number of nitrogens with one attached hydrogen (secondary N) is 1. The van der Waals surface area contributed by atoms with E-state index in [9.17, 15) is 13.2 Å². The molecule has 1 heterocycles. The Balaban J connectivity index is 3.31. The zero-order chi connectivity index (χ0) is 15.4. The van der Waals surface area contributed by atoms with Gasteiger partial charge in [-0.15, -0.1) is 11.3 Å². The minimum absolute atomic E-state index is 0.155. The molecule has 0 aliphatic heterocycles. The molecular weight excluding hydrogens is 289 g/mol. The molecule has 0 radical (unpaired) electrons. The van der Waals surface area contributed by atoms with E-state index in [1.54, 1.807) is 7.05 Å². The van der Waals surface area contributed by atoms with Gasteiger partial charge in [-0.1, -0.05) is 13.8 Å². The maximum atomic E-state index is 13.0. The predicted octanol–water partition coefficient (Wildman–Crippen LogP) is 3.93. The van der Waals surface area contributed by atoms with Crippen molar-refractivity contribution in [2.75, 3.05) is 13.7 Å². The molecule has 7 heteroatoms. The van der Waals surface area contributed by atoms with Crippen molar-refractivity contribution in [1.29, 1.82) is 0 Å². The zero-order valence-electron chi connectivity index (χ0n) is 12.2. The second kappa shape index (κ2) is 6.87. The Hall–Kier alpha value is -0.660. The van der Waals surface area contributed by atoms with Crippen LogP contribution in [0.15, 0.2) is 0 Å². The van der Waals surface area contributed by atoms with Gasteiger partial charge in [-0.2, -0.15) is 13.2 Å². The molecule has 1 N–H and O–H groups in total. The third kappa shape index (κ3) is 3.51. The molecule has 0 saturated heterocycles. The summed E-state index contributed by atoms with van der Waals surface area (Å²) in [6.45, 7) is 6.26. The lowest BCUT2D eigenvalue weighted by Crippen LogP contribution is -2.28. The third-order valence-corrected chi connectivity index (χ3v) is 4.50. The predicted molar refractivity (Wildman–Crippen MR) is 73.8 cm³/mol. The first-order valence-corrected chi connectivity index (χ1v) is 7.52. The van der Waals surface area contributed by atoms with Crippen molar-refractivity contribution in [2.45, 2.75) is 51.9 Å². The number of ether oxygens (including phenoxy) is 1. The summed E-state index contributed by atoms with van der Waals surface area (Å²) in [6, 6.07) is 0. The maximum absolute atomic E-state index is 13.0. The van der Waals surface area contributed by atoms with Crippen LogP contribution in [0.5, 0.6) is 0 Å². The highest BCUT2D eigenvalue weighted by molar-refractivity contribution is 7.11. The Morgan fingerprint density at radius 1 is 1.20 bits per heavy atom. The van der Waals surface area contributed by atoms with E-state index in [-0.39, 0.29) is 11.4 Å². The van der Waals surface area contributed by atoms with E-state index in [0.29, 0.717) is 24.5 Å². The van der Waals surface area contributed by atoms with E-state index in [1.807, 2.05) is 20.8 Å². The largest absolute Gasteiger partial charge is 0.434 e. The van der Waals surface area contributed by atoms with Gasteiger partial charge in [-0.3, -0.25) is 0 Å². The van der Waals surface area contributed by atoms with Gasteiger partial charge in [-0.05, 0) is 26.8 Å². The molecule has 0 fully saturated rings. The smallest absolute Gasteiger partial charge is 0.368 e. The molecule has 0 aliphatic rings. The SMILES string of the molecule is CCOC(CC)(CC)c1nc(C(F)(F)F)c(CNC)s1. The van der Waals surface area contributed by atoms with Crippen LogP contribution in [0.1, 0.15) is 49.2 Å². The van der Waals surface area contributed by atoms with Gasteiger partial charge < -0.3 is 10.1 Å². The minimum Gasteiger partial charge on any atom is -0.368 e. The molecule has 0 atom stereocenters. The van der Waals surface area contributed by atoms with Crippen LogP contribution in [-0.2, 0) is 23.1 Å². The topological polar surface area (TPSA) is 34.1 Å². The molecule has 0 unspecified atom stereocenters. The normalized spacial score (nSPS) is 12.9. The number of rotatable bonds is 7. The summed E-state index contributed by atoms with van der Waals surface area (Å²) in [5.74, 6) is 0. The lowest BCUT2D eigenvalue weighted by molar-refractivity contribution is -0.141. The highest BCUT2D eigenvalue weighted by Gasteiger charge is 2.41. The van der Waals surface area contributed by atoms with Gasteiger partial charge in [0, 0.05) is 13.2 Å². The molecule has 20 heavy (non-hydrogen) atoms. The number of aromatic nitrogens is 1. The molecule has 0 aliphatic carbocycles. The van der Waals surface area contributed by atoms with Gasteiger partial charge in [0.25, 0.3) is 0 Å². The van der Waals surface area contributed by atoms with Crippen molar-refractivity contribution in [1.82, 2.24) is 10.3 Å². The van der Waals surface area contributed by atoms with Crippen LogP contribution in [0, 0.1) is 0 Å². The Labute approximate surface area is 121 Å². The van der Waals surface area contributed by atoms with E-state index in [4.69, 9.17) is 4.74 Å². The first kappa shape index (κ1) is 17.4. The summed E-state index contributed by atoms with van der Waals surface area (Å²) in [4.78, 5) is 4.07. The standard InChI is InChI=1S/C13H21F3N2OS/c1-5-12(6-2,19-7-3)11-18-10(13(14,15)16)9(20-11)8-17-4/h17H,5-8H2,1-4H3. The molecule has 3 nitrogen and oxygen atoms in total. The first-order chi connectivity index (χ1) is 9.34. The van der Waals surface area contributed by atoms with E-state index >= 15 is 0 Å². The van der Waals surface area contributed by atoms with Gasteiger partial charge >= 0.3 is 6.18 Å². The van der Waals surface area contributed by atoms with Gasteiger partial charge in [0.2, 0.25) is 0 Å². The fourth-order valence-corrected chi connectivity index (χ4v) is 3.52. The quantitative estimate of drug-likeness (QED) is 0.828. The summed E-state index contributed by atoms with van der Waals surface area (Å²) in [5.41, 5.74) is -1.51. The molecule has 0 aromatic carbocycles. The molecule has 0 saturated carbocycles. The maximum Gasteiger partial charge on any atom is 0.434 e. The monoisotopic (exact) mass is 310 g/mol. The van der Waals surface area contributed by atoms with Crippen LogP contribution in [0.4, 0.5) is 13.2 Å². The van der Waals surface area contributed by atoms with Crippen LogP contribution in [0.25, 0.3) is 0 Å². The zero-order valence-corrected chi connectivity index (χ0v) is 13.0. The van der Waals surface area contributed by atoms with E-state index < -0.39 is 17.5 Å². The van der Waals surface area contributed by atoms with E-state index in [2.05, 4.69) is 10.3 Å². The molecular formula is C13H21F3N2OS. The summed E-state index contributed by atoms with van der Waals surface area (Å²) < 4.78 is 44.9. The number of thiazole rings is 1. The van der Waals surface area contributed by atoms with Crippen molar-refractivity contribution >= 4 is 11.3 Å². The summed E-state index contributed by atoms with van der Waals surface area (Å²) >= 11 is 1.09. The summed E-state index contributed by atoms with van der Waals surface area (Å²) in [6.07, 6.45) is -3.23. The first-order valence-electron chi connectivity index (χ1n) is 6.70. The van der Waals surface area contributed by atoms with Crippen LogP contribution < -0.4 is 5.32 Å². The van der Waals surface area contributed by atoms with Gasteiger partial charge in [0.15, 0.2) is 5.69 Å². The van der Waals surface area contributed by atoms with Crippen LogP contribution in [0.3, 0.4) is 0 Å². The molecule has 0 bridgehead atoms. The van der Waals surface area contributed by atoms with E-state index in [1.165, 1.54) is 0 Å². The second-order valence-electron chi connectivity index (χ2n) is 4.45. The van der Waals surface area contributed by atoms with Crippen molar-refractivity contribution in [2.24, 2.45) is 0 Å².